The highest BCUT2D eigenvalue weighted by Crippen LogP contribution is 2.29. The van der Waals surface area contributed by atoms with Gasteiger partial charge in [-0.2, -0.15) is 0 Å². The minimum absolute atomic E-state index is 0.285. The van der Waals surface area contributed by atoms with E-state index in [2.05, 4.69) is 24.5 Å². The molecule has 2 aromatic carbocycles. The van der Waals surface area contributed by atoms with Gasteiger partial charge >= 0.3 is 6.03 Å². The van der Waals surface area contributed by atoms with Crippen LogP contribution in [-0.2, 0) is 21.7 Å². The van der Waals surface area contributed by atoms with E-state index in [4.69, 9.17) is 11.6 Å². The van der Waals surface area contributed by atoms with Gasteiger partial charge in [-0.15, -0.1) is 0 Å². The molecular weight excluding hydrogens is 390 g/mol. The number of urea groups is 1. The molecule has 4 amide bonds. The number of rotatable bonds is 6. The zero-order valence-corrected chi connectivity index (χ0v) is 17.4. The summed E-state index contributed by atoms with van der Waals surface area (Å²) in [5, 5.41) is 6.05. The van der Waals surface area contributed by atoms with Crippen molar-refractivity contribution < 1.29 is 14.4 Å². The molecule has 2 N–H and O–H groups in total. The van der Waals surface area contributed by atoms with Gasteiger partial charge in [-0.3, -0.25) is 14.5 Å². The maximum absolute atomic E-state index is 13.0. The van der Waals surface area contributed by atoms with Gasteiger partial charge in [0.25, 0.3) is 5.91 Å². The molecule has 0 saturated carbocycles. The Hall–Kier alpha value is -2.86. The normalized spacial score (nSPS) is 18.9. The number of benzene rings is 2. The largest absolute Gasteiger partial charge is 0.350 e. The van der Waals surface area contributed by atoms with E-state index in [0.717, 1.165) is 16.0 Å². The van der Waals surface area contributed by atoms with Crippen molar-refractivity contribution in [1.82, 2.24) is 15.5 Å². The third-order valence-electron chi connectivity index (χ3n) is 5.13. The van der Waals surface area contributed by atoms with E-state index in [1.807, 2.05) is 24.3 Å². The number of amides is 4. The first kappa shape index (κ1) is 20.9. The topological polar surface area (TPSA) is 78.5 Å². The Labute approximate surface area is 175 Å². The second kappa shape index (κ2) is 8.25. The Kier molecular flexibility index (Phi) is 5.94. The van der Waals surface area contributed by atoms with Crippen LogP contribution in [0.25, 0.3) is 0 Å². The number of halogens is 1. The van der Waals surface area contributed by atoms with Crippen molar-refractivity contribution in [2.24, 2.45) is 0 Å². The standard InChI is InChI=1S/C22H24ClN3O3/c1-14(2)16-6-8-17(9-7-16)22(3)20(28)26(21(29)25-22)13-19(27)24-12-15-4-10-18(23)11-5-15/h4-11,14H,12-13H2,1-3H3,(H,24,27)(H,25,29). The Morgan fingerprint density at radius 3 is 2.31 bits per heavy atom. The fourth-order valence-corrected chi connectivity index (χ4v) is 3.37. The van der Waals surface area contributed by atoms with Crippen LogP contribution in [0.1, 0.15) is 43.4 Å². The molecule has 1 fully saturated rings. The number of carbonyl (C=O) groups is 3. The summed E-state index contributed by atoms with van der Waals surface area (Å²) in [5.74, 6) is -0.490. The second-order valence-corrected chi connectivity index (χ2v) is 8.06. The number of imide groups is 1. The van der Waals surface area contributed by atoms with Crippen molar-refractivity contribution in [3.63, 3.8) is 0 Å². The predicted octanol–water partition coefficient (Wildman–Crippen LogP) is 3.55. The highest BCUT2D eigenvalue weighted by Gasteiger charge is 2.49. The Bertz CT molecular complexity index is 925. The van der Waals surface area contributed by atoms with Gasteiger partial charge in [-0.05, 0) is 41.7 Å². The van der Waals surface area contributed by atoms with Crippen molar-refractivity contribution in [2.75, 3.05) is 6.54 Å². The third-order valence-corrected chi connectivity index (χ3v) is 5.39. The van der Waals surface area contributed by atoms with Crippen LogP contribution in [-0.4, -0.2) is 29.3 Å². The highest BCUT2D eigenvalue weighted by atomic mass is 35.5. The fraction of sp³-hybridized carbons (Fsp3) is 0.318. The summed E-state index contributed by atoms with van der Waals surface area (Å²) in [6.45, 7) is 5.78. The SMILES string of the molecule is CC(C)c1ccc(C2(C)NC(=O)N(CC(=O)NCc3ccc(Cl)cc3)C2=O)cc1. The van der Waals surface area contributed by atoms with Gasteiger partial charge in [0, 0.05) is 11.6 Å². The van der Waals surface area contributed by atoms with Gasteiger partial charge in [0.15, 0.2) is 0 Å². The van der Waals surface area contributed by atoms with Crippen LogP contribution in [0, 0.1) is 0 Å². The van der Waals surface area contributed by atoms with Crippen molar-refractivity contribution in [1.29, 1.82) is 0 Å². The Balaban J connectivity index is 1.66. The lowest BCUT2D eigenvalue weighted by Gasteiger charge is -2.22. The summed E-state index contributed by atoms with van der Waals surface area (Å²) in [7, 11) is 0. The quantitative estimate of drug-likeness (QED) is 0.711. The van der Waals surface area contributed by atoms with Gasteiger partial charge in [0.1, 0.15) is 12.1 Å². The number of hydrogen-bond donors (Lipinski definition) is 2. The monoisotopic (exact) mass is 413 g/mol. The average Bonchev–Trinajstić information content (AvgIpc) is 2.91. The lowest BCUT2D eigenvalue weighted by Crippen LogP contribution is -2.43. The molecule has 152 valence electrons. The first-order valence-electron chi connectivity index (χ1n) is 9.46. The van der Waals surface area contributed by atoms with Crippen molar-refractivity contribution in [2.45, 2.75) is 38.8 Å². The molecule has 6 nitrogen and oxygen atoms in total. The molecule has 1 heterocycles. The molecule has 0 radical (unpaired) electrons. The van der Waals surface area contributed by atoms with E-state index < -0.39 is 23.4 Å². The van der Waals surface area contributed by atoms with E-state index in [-0.39, 0.29) is 13.1 Å². The molecule has 29 heavy (non-hydrogen) atoms. The molecule has 1 aliphatic rings. The number of nitrogens with one attached hydrogen (secondary N) is 2. The first-order chi connectivity index (χ1) is 13.7. The van der Waals surface area contributed by atoms with Crippen LogP contribution in [0.4, 0.5) is 4.79 Å². The van der Waals surface area contributed by atoms with Crippen molar-refractivity contribution >= 4 is 29.4 Å². The number of nitrogens with zero attached hydrogens (tertiary/aromatic N) is 1. The third kappa shape index (κ3) is 4.43. The van der Waals surface area contributed by atoms with E-state index >= 15 is 0 Å². The Morgan fingerprint density at radius 2 is 1.72 bits per heavy atom. The lowest BCUT2D eigenvalue weighted by atomic mass is 9.90. The molecule has 1 atom stereocenters. The van der Waals surface area contributed by atoms with E-state index in [9.17, 15) is 14.4 Å². The van der Waals surface area contributed by atoms with Crippen LogP contribution in [0.15, 0.2) is 48.5 Å². The molecule has 2 aromatic rings. The van der Waals surface area contributed by atoms with Gasteiger partial charge in [0.2, 0.25) is 5.91 Å². The van der Waals surface area contributed by atoms with E-state index in [1.54, 1.807) is 31.2 Å². The molecule has 0 spiro atoms. The van der Waals surface area contributed by atoms with Crippen LogP contribution >= 0.6 is 11.6 Å². The maximum Gasteiger partial charge on any atom is 0.325 e. The van der Waals surface area contributed by atoms with Crippen molar-refractivity contribution in [3.05, 3.63) is 70.2 Å². The van der Waals surface area contributed by atoms with E-state index in [1.165, 1.54) is 0 Å². The molecule has 0 bridgehead atoms. The molecule has 1 unspecified atom stereocenters. The molecule has 3 rings (SSSR count). The van der Waals surface area contributed by atoms with Gasteiger partial charge in [0.05, 0.1) is 0 Å². The molecule has 1 saturated heterocycles. The number of hydrogen-bond acceptors (Lipinski definition) is 3. The van der Waals surface area contributed by atoms with Crippen LogP contribution < -0.4 is 10.6 Å². The summed E-state index contributed by atoms with van der Waals surface area (Å²) < 4.78 is 0. The minimum Gasteiger partial charge on any atom is -0.350 e. The minimum atomic E-state index is -1.19. The van der Waals surface area contributed by atoms with E-state index in [0.29, 0.717) is 16.5 Å². The number of carbonyl (C=O) groups excluding carboxylic acids is 3. The van der Waals surface area contributed by atoms with Crippen LogP contribution in [0.5, 0.6) is 0 Å². The lowest BCUT2D eigenvalue weighted by molar-refractivity contribution is -0.134. The zero-order valence-electron chi connectivity index (χ0n) is 16.7. The van der Waals surface area contributed by atoms with Gasteiger partial charge < -0.3 is 10.6 Å². The van der Waals surface area contributed by atoms with Gasteiger partial charge in [-0.1, -0.05) is 61.8 Å². The van der Waals surface area contributed by atoms with Crippen molar-refractivity contribution in [3.8, 4) is 0 Å². The van der Waals surface area contributed by atoms with Crippen LogP contribution in [0.3, 0.4) is 0 Å². The van der Waals surface area contributed by atoms with Gasteiger partial charge in [-0.25, -0.2) is 4.79 Å². The summed E-state index contributed by atoms with van der Waals surface area (Å²) >= 11 is 5.85. The summed E-state index contributed by atoms with van der Waals surface area (Å²) in [4.78, 5) is 38.6. The molecule has 7 heteroatoms. The summed E-state index contributed by atoms with van der Waals surface area (Å²) in [6.07, 6.45) is 0. The fourth-order valence-electron chi connectivity index (χ4n) is 3.24. The smallest absolute Gasteiger partial charge is 0.325 e. The second-order valence-electron chi connectivity index (χ2n) is 7.63. The summed E-state index contributed by atoms with van der Waals surface area (Å²) in [6, 6.07) is 14.1. The first-order valence-corrected chi connectivity index (χ1v) is 9.84. The predicted molar refractivity (Wildman–Crippen MR) is 111 cm³/mol. The molecular formula is C22H24ClN3O3. The molecule has 1 aliphatic heterocycles. The highest BCUT2D eigenvalue weighted by molar-refractivity contribution is 6.30. The van der Waals surface area contributed by atoms with Crippen LogP contribution in [0.2, 0.25) is 5.02 Å². The zero-order chi connectivity index (χ0) is 21.2. The molecule has 0 aliphatic carbocycles. The average molecular weight is 414 g/mol. The maximum atomic E-state index is 13.0. The molecule has 0 aromatic heterocycles. The summed E-state index contributed by atoms with van der Waals surface area (Å²) in [5.41, 5.74) is 1.51. The Morgan fingerprint density at radius 1 is 1.10 bits per heavy atom.